The standard InChI is InChI=1S/C16H23NO/c1-2-17-13(9-12-4-3-7-18-12)16-14-10-5-6-11(8-10)15(14)16/h3-4,7,10-11,13-17H,2,5-6,8-9H2,1H3. The predicted octanol–water partition coefficient (Wildman–Crippen LogP) is 3.09. The number of likely N-dealkylation sites (N-methyl/N-ethyl adjacent to an activating group) is 1. The van der Waals surface area contributed by atoms with Gasteiger partial charge in [-0.05, 0) is 67.5 Å². The number of hydrogen-bond donors (Lipinski definition) is 1. The van der Waals surface area contributed by atoms with Gasteiger partial charge >= 0.3 is 0 Å². The maximum Gasteiger partial charge on any atom is 0.105 e. The van der Waals surface area contributed by atoms with E-state index in [0.29, 0.717) is 6.04 Å². The van der Waals surface area contributed by atoms with Gasteiger partial charge in [-0.1, -0.05) is 6.92 Å². The molecule has 5 unspecified atom stereocenters. The Morgan fingerprint density at radius 2 is 2.11 bits per heavy atom. The van der Waals surface area contributed by atoms with Crippen LogP contribution in [0, 0.1) is 29.6 Å². The lowest BCUT2D eigenvalue weighted by Crippen LogP contribution is -2.35. The van der Waals surface area contributed by atoms with Crippen LogP contribution < -0.4 is 5.32 Å². The van der Waals surface area contributed by atoms with Crippen molar-refractivity contribution in [2.75, 3.05) is 6.54 Å². The molecule has 1 aromatic heterocycles. The SMILES string of the molecule is CCNC(Cc1ccco1)C1C2C3CCC(C3)C21. The summed E-state index contributed by atoms with van der Waals surface area (Å²) < 4.78 is 5.54. The van der Waals surface area contributed by atoms with Gasteiger partial charge in [-0.2, -0.15) is 0 Å². The summed E-state index contributed by atoms with van der Waals surface area (Å²) in [6.07, 6.45) is 7.46. The second-order valence-corrected chi connectivity index (χ2v) is 6.51. The van der Waals surface area contributed by atoms with Gasteiger partial charge in [0.05, 0.1) is 6.26 Å². The summed E-state index contributed by atoms with van der Waals surface area (Å²) >= 11 is 0. The van der Waals surface area contributed by atoms with Crippen molar-refractivity contribution in [3.8, 4) is 0 Å². The zero-order valence-corrected chi connectivity index (χ0v) is 11.1. The minimum atomic E-state index is 0.652. The zero-order valence-electron chi connectivity index (χ0n) is 11.1. The van der Waals surface area contributed by atoms with Gasteiger partial charge in [0.25, 0.3) is 0 Å². The molecule has 2 bridgehead atoms. The number of furan rings is 1. The van der Waals surface area contributed by atoms with Gasteiger partial charge in [0.15, 0.2) is 0 Å². The molecular weight excluding hydrogens is 222 g/mol. The van der Waals surface area contributed by atoms with E-state index in [9.17, 15) is 0 Å². The molecule has 0 saturated heterocycles. The molecule has 1 heterocycles. The van der Waals surface area contributed by atoms with Crippen molar-refractivity contribution in [3.63, 3.8) is 0 Å². The van der Waals surface area contributed by atoms with Crippen LogP contribution in [0.2, 0.25) is 0 Å². The molecule has 0 radical (unpaired) electrons. The number of hydrogen-bond acceptors (Lipinski definition) is 2. The third kappa shape index (κ3) is 1.58. The van der Waals surface area contributed by atoms with Gasteiger partial charge in [-0.3, -0.25) is 0 Å². The average molecular weight is 245 g/mol. The quantitative estimate of drug-likeness (QED) is 0.862. The fourth-order valence-corrected chi connectivity index (χ4v) is 5.18. The molecule has 2 nitrogen and oxygen atoms in total. The Labute approximate surface area is 109 Å². The molecule has 1 aromatic rings. The van der Waals surface area contributed by atoms with Gasteiger partial charge in [-0.15, -0.1) is 0 Å². The third-order valence-electron chi connectivity index (χ3n) is 5.73. The normalized spacial score (nSPS) is 41.9. The summed E-state index contributed by atoms with van der Waals surface area (Å²) in [5.74, 6) is 6.36. The molecule has 0 aromatic carbocycles. The molecule has 0 aliphatic heterocycles. The van der Waals surface area contributed by atoms with Crippen molar-refractivity contribution in [1.82, 2.24) is 5.32 Å². The Hall–Kier alpha value is -0.760. The number of fused-ring (bicyclic) bond motifs is 5. The van der Waals surface area contributed by atoms with E-state index < -0.39 is 0 Å². The summed E-state index contributed by atoms with van der Waals surface area (Å²) in [6, 6.07) is 4.78. The topological polar surface area (TPSA) is 25.2 Å². The first-order valence-corrected chi connectivity index (χ1v) is 7.64. The fraction of sp³-hybridized carbons (Fsp3) is 0.750. The Bertz CT molecular complexity index is 397. The zero-order chi connectivity index (χ0) is 12.1. The lowest BCUT2D eigenvalue weighted by molar-refractivity contribution is 0.348. The van der Waals surface area contributed by atoms with E-state index in [4.69, 9.17) is 4.42 Å². The highest BCUT2D eigenvalue weighted by atomic mass is 16.3. The highest BCUT2D eigenvalue weighted by Crippen LogP contribution is 2.70. The summed E-state index contributed by atoms with van der Waals surface area (Å²) in [5.41, 5.74) is 0. The Balaban J connectivity index is 1.48. The molecule has 1 N–H and O–H groups in total. The van der Waals surface area contributed by atoms with Gasteiger partial charge in [0.1, 0.15) is 5.76 Å². The van der Waals surface area contributed by atoms with Crippen LogP contribution in [0.5, 0.6) is 0 Å². The smallest absolute Gasteiger partial charge is 0.105 e. The lowest BCUT2D eigenvalue weighted by Gasteiger charge is -2.20. The summed E-state index contributed by atoms with van der Waals surface area (Å²) in [7, 11) is 0. The van der Waals surface area contributed by atoms with E-state index in [1.54, 1.807) is 12.7 Å². The maximum absolute atomic E-state index is 5.54. The van der Waals surface area contributed by atoms with Crippen LogP contribution in [0.1, 0.15) is 31.9 Å². The molecule has 3 fully saturated rings. The summed E-state index contributed by atoms with van der Waals surface area (Å²) in [5, 5.41) is 3.72. The van der Waals surface area contributed by atoms with Crippen molar-refractivity contribution in [1.29, 1.82) is 0 Å². The fourth-order valence-electron chi connectivity index (χ4n) is 5.18. The van der Waals surface area contributed by atoms with Crippen LogP contribution in [0.4, 0.5) is 0 Å². The minimum absolute atomic E-state index is 0.652. The molecule has 4 rings (SSSR count). The molecule has 0 amide bonds. The van der Waals surface area contributed by atoms with Crippen molar-refractivity contribution in [2.45, 2.75) is 38.6 Å². The largest absolute Gasteiger partial charge is 0.469 e. The number of nitrogens with one attached hydrogen (secondary N) is 1. The highest BCUT2D eigenvalue weighted by Gasteiger charge is 2.66. The van der Waals surface area contributed by atoms with Gasteiger partial charge in [0, 0.05) is 12.5 Å². The monoisotopic (exact) mass is 245 g/mol. The molecule has 18 heavy (non-hydrogen) atoms. The molecule has 3 aliphatic rings. The van der Waals surface area contributed by atoms with Crippen LogP contribution >= 0.6 is 0 Å². The summed E-state index contributed by atoms with van der Waals surface area (Å²) in [4.78, 5) is 0. The Morgan fingerprint density at radius 3 is 2.72 bits per heavy atom. The van der Waals surface area contributed by atoms with Gasteiger partial charge in [-0.25, -0.2) is 0 Å². The van der Waals surface area contributed by atoms with E-state index in [1.165, 1.54) is 12.8 Å². The average Bonchev–Trinajstić information content (AvgIpc) is 2.81. The van der Waals surface area contributed by atoms with Gasteiger partial charge in [0.2, 0.25) is 0 Å². The molecule has 0 spiro atoms. The van der Waals surface area contributed by atoms with Crippen LogP contribution in [0.3, 0.4) is 0 Å². The van der Waals surface area contributed by atoms with Crippen molar-refractivity contribution < 1.29 is 4.42 Å². The van der Waals surface area contributed by atoms with Crippen LogP contribution in [0.15, 0.2) is 22.8 Å². The Kier molecular flexibility index (Phi) is 2.54. The first-order valence-electron chi connectivity index (χ1n) is 7.64. The molecular formula is C16H23NO. The second-order valence-electron chi connectivity index (χ2n) is 6.51. The first-order chi connectivity index (χ1) is 8.88. The van der Waals surface area contributed by atoms with Crippen LogP contribution in [0.25, 0.3) is 0 Å². The third-order valence-corrected chi connectivity index (χ3v) is 5.73. The van der Waals surface area contributed by atoms with E-state index in [-0.39, 0.29) is 0 Å². The van der Waals surface area contributed by atoms with E-state index in [0.717, 1.165) is 48.3 Å². The van der Waals surface area contributed by atoms with Gasteiger partial charge < -0.3 is 9.73 Å². The van der Waals surface area contributed by atoms with Crippen LogP contribution in [-0.2, 0) is 6.42 Å². The molecule has 3 aliphatic carbocycles. The Morgan fingerprint density at radius 1 is 1.33 bits per heavy atom. The lowest BCUT2D eigenvalue weighted by atomic mass is 9.95. The van der Waals surface area contributed by atoms with Crippen molar-refractivity contribution >= 4 is 0 Å². The molecule has 5 atom stereocenters. The maximum atomic E-state index is 5.54. The minimum Gasteiger partial charge on any atom is -0.469 e. The van der Waals surface area contributed by atoms with Crippen molar-refractivity contribution in [3.05, 3.63) is 24.2 Å². The first kappa shape index (κ1) is 11.1. The highest BCUT2D eigenvalue weighted by molar-refractivity contribution is 5.17. The number of rotatable bonds is 5. The van der Waals surface area contributed by atoms with E-state index in [2.05, 4.69) is 18.3 Å². The van der Waals surface area contributed by atoms with E-state index >= 15 is 0 Å². The van der Waals surface area contributed by atoms with E-state index in [1.807, 2.05) is 6.07 Å². The second kappa shape index (κ2) is 4.12. The molecule has 2 heteroatoms. The summed E-state index contributed by atoms with van der Waals surface area (Å²) in [6.45, 7) is 3.30. The predicted molar refractivity (Wildman–Crippen MR) is 71.2 cm³/mol. The van der Waals surface area contributed by atoms with Crippen molar-refractivity contribution in [2.24, 2.45) is 29.6 Å². The molecule has 3 saturated carbocycles. The van der Waals surface area contributed by atoms with Crippen LogP contribution in [-0.4, -0.2) is 12.6 Å². The molecule has 98 valence electrons.